The van der Waals surface area contributed by atoms with Gasteiger partial charge in [-0.1, -0.05) is 31.2 Å². The van der Waals surface area contributed by atoms with E-state index in [1.54, 1.807) is 13.1 Å². The molecular weight excluding hydrogens is 246 g/mol. The third-order valence-electron chi connectivity index (χ3n) is 2.41. The van der Waals surface area contributed by atoms with Crippen LogP contribution in [-0.4, -0.2) is 26.3 Å². The maximum absolute atomic E-state index is 11.8. The first-order chi connectivity index (χ1) is 7.49. The molecule has 0 saturated carbocycles. The van der Waals surface area contributed by atoms with Gasteiger partial charge >= 0.3 is 0 Å². The monoisotopic (exact) mass is 261 g/mol. The fraction of sp³-hybridized carbons (Fsp3) is 0.455. The first-order valence-electron chi connectivity index (χ1n) is 5.07. The summed E-state index contributed by atoms with van der Waals surface area (Å²) >= 11 is 5.70. The number of hydrogen-bond donors (Lipinski definition) is 0. The molecule has 1 aromatic carbocycles. The second-order valence-corrected chi connectivity index (χ2v) is 5.97. The Morgan fingerprint density at radius 1 is 1.31 bits per heavy atom. The summed E-state index contributed by atoms with van der Waals surface area (Å²) < 4.78 is 25.0. The fourth-order valence-corrected chi connectivity index (χ4v) is 2.70. The van der Waals surface area contributed by atoms with Gasteiger partial charge in [-0.15, -0.1) is 11.6 Å². The van der Waals surface area contributed by atoms with Crippen LogP contribution in [0, 0.1) is 0 Å². The number of sulfonamides is 1. The normalized spacial score (nSPS) is 12.0. The van der Waals surface area contributed by atoms with Gasteiger partial charge in [0.05, 0.1) is 5.75 Å². The highest BCUT2D eigenvalue weighted by molar-refractivity contribution is 7.88. The summed E-state index contributed by atoms with van der Waals surface area (Å²) in [5.41, 5.74) is 1.71. The van der Waals surface area contributed by atoms with Gasteiger partial charge in [-0.25, -0.2) is 12.7 Å². The summed E-state index contributed by atoms with van der Waals surface area (Å²) in [5.74, 6) is 0.430. The van der Waals surface area contributed by atoms with E-state index in [0.717, 1.165) is 11.1 Å². The van der Waals surface area contributed by atoms with E-state index in [4.69, 9.17) is 11.6 Å². The molecule has 3 nitrogen and oxygen atoms in total. The van der Waals surface area contributed by atoms with Gasteiger partial charge in [-0.05, 0) is 11.1 Å². The highest BCUT2D eigenvalue weighted by Gasteiger charge is 2.16. The number of benzene rings is 1. The molecule has 16 heavy (non-hydrogen) atoms. The van der Waals surface area contributed by atoms with Crippen LogP contribution in [0.5, 0.6) is 0 Å². The zero-order valence-corrected chi connectivity index (χ0v) is 11.1. The molecule has 1 aromatic rings. The van der Waals surface area contributed by atoms with Gasteiger partial charge in [0, 0.05) is 19.5 Å². The summed E-state index contributed by atoms with van der Waals surface area (Å²) in [6.45, 7) is 2.30. The van der Waals surface area contributed by atoms with Crippen molar-refractivity contribution < 1.29 is 8.42 Å². The molecule has 0 aliphatic carbocycles. The summed E-state index contributed by atoms with van der Waals surface area (Å²) in [4.78, 5) is 0. The van der Waals surface area contributed by atoms with Crippen LogP contribution in [0.2, 0.25) is 0 Å². The molecule has 5 heteroatoms. The molecule has 1 rings (SSSR count). The first kappa shape index (κ1) is 13.5. The Balaban J connectivity index is 2.88. The molecule has 0 N–H and O–H groups in total. The maximum Gasteiger partial charge on any atom is 0.218 e. The molecule has 0 atom stereocenters. The molecule has 0 spiro atoms. The number of halogens is 1. The van der Waals surface area contributed by atoms with Gasteiger partial charge in [-0.3, -0.25) is 0 Å². The molecule has 0 saturated heterocycles. The minimum Gasteiger partial charge on any atom is -0.212 e. The van der Waals surface area contributed by atoms with Crippen molar-refractivity contribution in [2.24, 2.45) is 0 Å². The zero-order valence-electron chi connectivity index (χ0n) is 9.48. The van der Waals surface area contributed by atoms with Gasteiger partial charge in [-0.2, -0.15) is 0 Å². The maximum atomic E-state index is 11.8. The van der Waals surface area contributed by atoms with Crippen LogP contribution in [0.3, 0.4) is 0 Å². The van der Waals surface area contributed by atoms with E-state index < -0.39 is 10.0 Å². The van der Waals surface area contributed by atoms with Gasteiger partial charge < -0.3 is 0 Å². The van der Waals surface area contributed by atoms with Crippen molar-refractivity contribution in [1.82, 2.24) is 4.31 Å². The number of alkyl halides is 1. The van der Waals surface area contributed by atoms with Crippen molar-refractivity contribution in [3.63, 3.8) is 0 Å². The summed E-state index contributed by atoms with van der Waals surface area (Å²) in [6, 6.07) is 7.34. The Morgan fingerprint density at radius 3 is 2.50 bits per heavy atom. The average Bonchev–Trinajstić information content (AvgIpc) is 2.27. The largest absolute Gasteiger partial charge is 0.218 e. The molecule has 0 heterocycles. The second kappa shape index (κ2) is 5.66. The topological polar surface area (TPSA) is 37.4 Å². The lowest BCUT2D eigenvalue weighted by molar-refractivity contribution is 0.485. The average molecular weight is 262 g/mol. The Labute approximate surface area is 102 Å². The van der Waals surface area contributed by atoms with Crippen LogP contribution in [0.4, 0.5) is 0 Å². The zero-order chi connectivity index (χ0) is 12.2. The summed E-state index contributed by atoms with van der Waals surface area (Å²) in [6.07, 6.45) is 0. The van der Waals surface area contributed by atoms with Gasteiger partial charge in [0.15, 0.2) is 0 Å². The van der Waals surface area contributed by atoms with E-state index in [9.17, 15) is 8.42 Å². The van der Waals surface area contributed by atoms with E-state index in [1.807, 2.05) is 25.1 Å². The summed E-state index contributed by atoms with van der Waals surface area (Å²) in [7, 11) is -1.61. The van der Waals surface area contributed by atoms with Crippen LogP contribution in [-0.2, 0) is 21.7 Å². The standard InChI is InChI=1S/C11H16ClNO2S/c1-3-13(2)16(14,15)9-11-6-4-5-10(7-11)8-12/h4-7H,3,8-9H2,1-2H3. The molecule has 90 valence electrons. The highest BCUT2D eigenvalue weighted by Crippen LogP contribution is 2.12. The van der Waals surface area contributed by atoms with Crippen LogP contribution in [0.15, 0.2) is 24.3 Å². The highest BCUT2D eigenvalue weighted by atomic mass is 35.5. The first-order valence-corrected chi connectivity index (χ1v) is 7.21. The molecule has 0 fully saturated rings. The Hall–Kier alpha value is -0.580. The lowest BCUT2D eigenvalue weighted by atomic mass is 10.2. The van der Waals surface area contributed by atoms with Crippen molar-refractivity contribution >= 4 is 21.6 Å². The number of nitrogens with zero attached hydrogens (tertiary/aromatic N) is 1. The predicted molar refractivity (Wildman–Crippen MR) is 66.9 cm³/mol. The van der Waals surface area contributed by atoms with E-state index in [2.05, 4.69) is 0 Å². The molecule has 0 aliphatic rings. The predicted octanol–water partition coefficient (Wildman–Crippen LogP) is 2.21. The van der Waals surface area contributed by atoms with E-state index >= 15 is 0 Å². The van der Waals surface area contributed by atoms with E-state index in [0.29, 0.717) is 12.4 Å². The van der Waals surface area contributed by atoms with Crippen LogP contribution < -0.4 is 0 Å². The van der Waals surface area contributed by atoms with Crippen molar-refractivity contribution in [2.45, 2.75) is 18.6 Å². The van der Waals surface area contributed by atoms with Crippen LogP contribution >= 0.6 is 11.6 Å². The molecule has 0 bridgehead atoms. The van der Waals surface area contributed by atoms with Crippen molar-refractivity contribution in [1.29, 1.82) is 0 Å². The van der Waals surface area contributed by atoms with E-state index in [-0.39, 0.29) is 5.75 Å². The minimum atomic E-state index is -3.20. The molecule has 0 aromatic heterocycles. The number of hydrogen-bond acceptors (Lipinski definition) is 2. The third-order valence-corrected chi connectivity index (χ3v) is 4.63. The Morgan fingerprint density at radius 2 is 1.94 bits per heavy atom. The van der Waals surface area contributed by atoms with Gasteiger partial charge in [0.1, 0.15) is 0 Å². The van der Waals surface area contributed by atoms with E-state index in [1.165, 1.54) is 4.31 Å². The lowest BCUT2D eigenvalue weighted by Crippen LogP contribution is -2.27. The minimum absolute atomic E-state index is 0.0298. The second-order valence-electron chi connectivity index (χ2n) is 3.62. The quantitative estimate of drug-likeness (QED) is 0.762. The molecule has 0 unspecified atom stereocenters. The number of rotatable bonds is 5. The fourth-order valence-electron chi connectivity index (χ4n) is 1.32. The van der Waals surface area contributed by atoms with Crippen molar-refractivity contribution in [2.75, 3.05) is 13.6 Å². The molecule has 0 aliphatic heterocycles. The molecule has 0 radical (unpaired) electrons. The van der Waals surface area contributed by atoms with Crippen LogP contribution in [0.1, 0.15) is 18.1 Å². The van der Waals surface area contributed by atoms with Crippen LogP contribution in [0.25, 0.3) is 0 Å². The van der Waals surface area contributed by atoms with Crippen molar-refractivity contribution in [3.05, 3.63) is 35.4 Å². The summed E-state index contributed by atoms with van der Waals surface area (Å²) in [5, 5.41) is 0. The van der Waals surface area contributed by atoms with Gasteiger partial charge in [0.2, 0.25) is 10.0 Å². The third kappa shape index (κ3) is 3.47. The Kier molecular flexibility index (Phi) is 4.77. The Bertz CT molecular complexity index is 445. The lowest BCUT2D eigenvalue weighted by Gasteiger charge is -2.14. The molecule has 0 amide bonds. The van der Waals surface area contributed by atoms with Gasteiger partial charge in [0.25, 0.3) is 0 Å². The SMILES string of the molecule is CCN(C)S(=O)(=O)Cc1cccc(CCl)c1. The van der Waals surface area contributed by atoms with Crippen molar-refractivity contribution in [3.8, 4) is 0 Å². The molecular formula is C11H16ClNO2S. The smallest absolute Gasteiger partial charge is 0.212 e.